The minimum atomic E-state index is -0.454. The molecule has 0 unspecified atom stereocenters. The molecule has 0 aromatic heterocycles. The number of phenols is 1. The summed E-state index contributed by atoms with van der Waals surface area (Å²) in [5, 5.41) is 9.70. The molecular weight excluding hydrogens is 235 g/mol. The second-order valence-corrected chi connectivity index (χ2v) is 3.71. The van der Waals surface area contributed by atoms with Crippen molar-refractivity contribution in [2.75, 3.05) is 7.11 Å². The van der Waals surface area contributed by atoms with Gasteiger partial charge in [-0.25, -0.2) is 4.39 Å². The molecule has 0 radical (unpaired) electrons. The smallest absolute Gasteiger partial charge is 0.161 e. The monoisotopic (exact) mass is 246 g/mol. The highest BCUT2D eigenvalue weighted by molar-refractivity contribution is 5.89. The van der Waals surface area contributed by atoms with Gasteiger partial charge in [-0.2, -0.15) is 0 Å². The third-order valence-electron chi connectivity index (χ3n) is 2.64. The maximum atomic E-state index is 13.7. The van der Waals surface area contributed by atoms with Gasteiger partial charge in [0.2, 0.25) is 0 Å². The zero-order chi connectivity index (χ0) is 13.1. The van der Waals surface area contributed by atoms with E-state index in [1.807, 2.05) is 0 Å². The fourth-order valence-corrected chi connectivity index (χ4v) is 1.76. The summed E-state index contributed by atoms with van der Waals surface area (Å²) in [6, 6.07) is 8.76. The Bertz CT molecular complexity index is 594. The molecule has 3 nitrogen and oxygen atoms in total. The molecule has 0 heterocycles. The number of benzene rings is 2. The van der Waals surface area contributed by atoms with E-state index in [9.17, 15) is 14.3 Å². The zero-order valence-corrected chi connectivity index (χ0v) is 9.68. The van der Waals surface area contributed by atoms with Crippen molar-refractivity contribution in [3.8, 4) is 22.6 Å². The highest BCUT2D eigenvalue weighted by atomic mass is 19.1. The quantitative estimate of drug-likeness (QED) is 0.847. The summed E-state index contributed by atoms with van der Waals surface area (Å²) < 4.78 is 18.6. The molecule has 0 atom stereocenters. The lowest BCUT2D eigenvalue weighted by molar-refractivity contribution is 0.112. The maximum absolute atomic E-state index is 13.7. The second kappa shape index (κ2) is 4.87. The van der Waals surface area contributed by atoms with Crippen molar-refractivity contribution in [2.45, 2.75) is 0 Å². The van der Waals surface area contributed by atoms with Gasteiger partial charge in [0.05, 0.1) is 7.11 Å². The molecule has 2 aromatic carbocycles. The normalized spacial score (nSPS) is 10.1. The van der Waals surface area contributed by atoms with E-state index in [-0.39, 0.29) is 22.6 Å². The predicted molar refractivity (Wildman–Crippen MR) is 65.4 cm³/mol. The number of phenolic OH excluding ortho intramolecular Hbond substituents is 1. The van der Waals surface area contributed by atoms with Crippen molar-refractivity contribution in [3.05, 3.63) is 47.8 Å². The van der Waals surface area contributed by atoms with E-state index in [0.29, 0.717) is 11.8 Å². The Hall–Kier alpha value is -2.36. The molecular formula is C14H11FO3. The molecule has 0 saturated carbocycles. The zero-order valence-electron chi connectivity index (χ0n) is 9.68. The van der Waals surface area contributed by atoms with Crippen LogP contribution >= 0.6 is 0 Å². The Morgan fingerprint density at radius 1 is 1.22 bits per heavy atom. The Labute approximate surface area is 103 Å². The van der Waals surface area contributed by atoms with E-state index >= 15 is 0 Å². The summed E-state index contributed by atoms with van der Waals surface area (Å²) in [5.74, 6) is -0.413. The summed E-state index contributed by atoms with van der Waals surface area (Å²) in [5.41, 5.74) is 0.855. The van der Waals surface area contributed by atoms with Crippen LogP contribution in [-0.4, -0.2) is 18.5 Å². The molecule has 2 rings (SSSR count). The van der Waals surface area contributed by atoms with Crippen LogP contribution in [0.1, 0.15) is 10.4 Å². The predicted octanol–water partition coefficient (Wildman–Crippen LogP) is 3.02. The molecule has 0 amide bonds. The van der Waals surface area contributed by atoms with Crippen LogP contribution in [0, 0.1) is 5.82 Å². The lowest BCUT2D eigenvalue weighted by Gasteiger charge is -2.10. The second-order valence-electron chi connectivity index (χ2n) is 3.71. The van der Waals surface area contributed by atoms with Crippen LogP contribution in [0.25, 0.3) is 11.1 Å². The summed E-state index contributed by atoms with van der Waals surface area (Å²) >= 11 is 0. The lowest BCUT2D eigenvalue weighted by Crippen LogP contribution is -1.93. The number of rotatable bonds is 3. The summed E-state index contributed by atoms with van der Waals surface area (Å²) in [7, 11) is 1.38. The summed E-state index contributed by atoms with van der Waals surface area (Å²) in [4.78, 5) is 11.0. The van der Waals surface area contributed by atoms with Crippen LogP contribution in [0.15, 0.2) is 36.4 Å². The van der Waals surface area contributed by atoms with Gasteiger partial charge in [-0.3, -0.25) is 4.79 Å². The van der Waals surface area contributed by atoms with Gasteiger partial charge in [-0.05, 0) is 23.8 Å². The van der Waals surface area contributed by atoms with Crippen LogP contribution in [0.5, 0.6) is 11.5 Å². The van der Waals surface area contributed by atoms with Crippen LogP contribution in [-0.2, 0) is 0 Å². The molecule has 92 valence electrons. The van der Waals surface area contributed by atoms with Crippen LogP contribution in [0.2, 0.25) is 0 Å². The fourth-order valence-electron chi connectivity index (χ4n) is 1.76. The van der Waals surface area contributed by atoms with E-state index in [2.05, 4.69) is 0 Å². The molecule has 0 aliphatic carbocycles. The van der Waals surface area contributed by atoms with Crippen molar-refractivity contribution in [1.82, 2.24) is 0 Å². The number of carbonyl (C=O) groups excluding carboxylic acids is 1. The maximum Gasteiger partial charge on any atom is 0.161 e. The first-order chi connectivity index (χ1) is 8.67. The average Bonchev–Trinajstić information content (AvgIpc) is 2.39. The van der Waals surface area contributed by atoms with Gasteiger partial charge in [0.25, 0.3) is 0 Å². The Morgan fingerprint density at radius 2 is 1.94 bits per heavy atom. The molecule has 1 N–H and O–H groups in total. The first kappa shape index (κ1) is 12.1. The van der Waals surface area contributed by atoms with Crippen molar-refractivity contribution in [3.63, 3.8) is 0 Å². The van der Waals surface area contributed by atoms with Gasteiger partial charge in [0, 0.05) is 11.1 Å². The Kier molecular flexibility index (Phi) is 3.28. The average molecular weight is 246 g/mol. The fraction of sp³-hybridized carbons (Fsp3) is 0.0714. The van der Waals surface area contributed by atoms with E-state index in [1.54, 1.807) is 18.2 Å². The standard InChI is InChI=1S/C14H11FO3/c1-18-14-6-9(8-16)11(7-13(14)17)10-4-2-3-5-12(10)15/h2-8,17H,1H3. The van der Waals surface area contributed by atoms with Crippen molar-refractivity contribution < 1.29 is 19.0 Å². The van der Waals surface area contributed by atoms with Crippen molar-refractivity contribution >= 4 is 6.29 Å². The lowest BCUT2D eigenvalue weighted by atomic mass is 9.99. The number of carbonyl (C=O) groups is 1. The Balaban J connectivity index is 2.68. The number of hydrogen-bond acceptors (Lipinski definition) is 3. The summed E-state index contributed by atoms with van der Waals surface area (Å²) in [6.45, 7) is 0. The SMILES string of the molecule is COc1cc(C=O)c(-c2ccccc2F)cc1O. The number of hydrogen-bond donors (Lipinski definition) is 1. The minimum Gasteiger partial charge on any atom is -0.504 e. The van der Waals surface area contributed by atoms with Crippen LogP contribution < -0.4 is 4.74 Å². The van der Waals surface area contributed by atoms with E-state index < -0.39 is 5.82 Å². The van der Waals surface area contributed by atoms with Crippen LogP contribution in [0.3, 0.4) is 0 Å². The highest BCUT2D eigenvalue weighted by Crippen LogP contribution is 2.35. The molecule has 0 spiro atoms. The third kappa shape index (κ3) is 2.05. The van der Waals surface area contributed by atoms with E-state index in [1.165, 1.54) is 25.3 Å². The molecule has 4 heteroatoms. The summed E-state index contributed by atoms with van der Waals surface area (Å²) in [6.07, 6.45) is 0.601. The van der Waals surface area contributed by atoms with Gasteiger partial charge in [-0.15, -0.1) is 0 Å². The van der Waals surface area contributed by atoms with Gasteiger partial charge in [0.1, 0.15) is 5.82 Å². The van der Waals surface area contributed by atoms with Gasteiger partial charge < -0.3 is 9.84 Å². The van der Waals surface area contributed by atoms with Gasteiger partial charge in [-0.1, -0.05) is 18.2 Å². The number of ether oxygens (including phenoxy) is 1. The molecule has 2 aromatic rings. The molecule has 0 saturated heterocycles. The van der Waals surface area contributed by atoms with E-state index in [0.717, 1.165) is 0 Å². The highest BCUT2D eigenvalue weighted by Gasteiger charge is 2.13. The first-order valence-corrected chi connectivity index (χ1v) is 5.28. The van der Waals surface area contributed by atoms with E-state index in [4.69, 9.17) is 4.74 Å². The number of halogens is 1. The molecule has 0 fully saturated rings. The number of aldehydes is 1. The third-order valence-corrected chi connectivity index (χ3v) is 2.64. The van der Waals surface area contributed by atoms with Crippen molar-refractivity contribution in [1.29, 1.82) is 0 Å². The number of aromatic hydroxyl groups is 1. The Morgan fingerprint density at radius 3 is 2.56 bits per heavy atom. The molecule has 0 bridgehead atoms. The van der Waals surface area contributed by atoms with Crippen molar-refractivity contribution in [2.24, 2.45) is 0 Å². The van der Waals surface area contributed by atoms with Crippen LogP contribution in [0.4, 0.5) is 4.39 Å². The van der Waals surface area contributed by atoms with Gasteiger partial charge in [0.15, 0.2) is 17.8 Å². The topological polar surface area (TPSA) is 46.5 Å². The van der Waals surface area contributed by atoms with Gasteiger partial charge >= 0.3 is 0 Å². The minimum absolute atomic E-state index is 0.138. The number of methoxy groups -OCH3 is 1. The molecule has 0 aliphatic rings. The molecule has 0 aliphatic heterocycles. The first-order valence-electron chi connectivity index (χ1n) is 5.28. The largest absolute Gasteiger partial charge is 0.504 e. The molecule has 18 heavy (non-hydrogen) atoms.